The molecule has 1 aliphatic rings. The summed E-state index contributed by atoms with van der Waals surface area (Å²) in [5.41, 5.74) is 1.97. The number of nitrogens with one attached hydrogen (secondary N) is 2. The van der Waals surface area contributed by atoms with E-state index in [2.05, 4.69) is 15.0 Å². The highest BCUT2D eigenvalue weighted by Gasteiger charge is 2.26. The molecule has 1 fully saturated rings. The highest BCUT2D eigenvalue weighted by molar-refractivity contribution is 7.90. The predicted molar refractivity (Wildman–Crippen MR) is 70.6 cm³/mol. The zero-order valence-corrected chi connectivity index (χ0v) is 11.3. The molecule has 18 heavy (non-hydrogen) atoms. The molecular formula is C12H19N3O2S. The lowest BCUT2D eigenvalue weighted by atomic mass is 10.2. The van der Waals surface area contributed by atoms with Crippen molar-refractivity contribution in [3.63, 3.8) is 0 Å². The van der Waals surface area contributed by atoms with Crippen molar-refractivity contribution >= 4 is 10.0 Å². The van der Waals surface area contributed by atoms with Gasteiger partial charge in [-0.15, -0.1) is 0 Å². The third-order valence-corrected chi connectivity index (χ3v) is 5.12. The fourth-order valence-electron chi connectivity index (χ4n) is 2.08. The van der Waals surface area contributed by atoms with Crippen LogP contribution < -0.4 is 10.0 Å². The van der Waals surface area contributed by atoms with Gasteiger partial charge >= 0.3 is 0 Å². The molecule has 0 spiro atoms. The van der Waals surface area contributed by atoms with Gasteiger partial charge in [-0.3, -0.25) is 4.98 Å². The highest BCUT2D eigenvalue weighted by atomic mass is 32.2. The van der Waals surface area contributed by atoms with Crippen LogP contribution in [0.3, 0.4) is 0 Å². The smallest absolute Gasteiger partial charge is 0.216 e. The molecule has 2 rings (SSSR count). The second kappa shape index (κ2) is 5.77. The van der Waals surface area contributed by atoms with E-state index in [4.69, 9.17) is 0 Å². The van der Waals surface area contributed by atoms with Gasteiger partial charge in [0.2, 0.25) is 10.0 Å². The molecule has 1 aliphatic heterocycles. The van der Waals surface area contributed by atoms with Crippen LogP contribution in [0.15, 0.2) is 18.5 Å². The molecule has 1 aromatic heterocycles. The molecule has 0 bridgehead atoms. The average Bonchev–Trinajstić information content (AvgIpc) is 2.39. The topological polar surface area (TPSA) is 71.1 Å². The fourth-order valence-corrected chi connectivity index (χ4v) is 3.49. The van der Waals surface area contributed by atoms with Crippen LogP contribution in [0.4, 0.5) is 0 Å². The molecule has 0 radical (unpaired) electrons. The van der Waals surface area contributed by atoms with Gasteiger partial charge in [0, 0.05) is 25.5 Å². The Morgan fingerprint density at radius 1 is 1.56 bits per heavy atom. The van der Waals surface area contributed by atoms with Crippen molar-refractivity contribution in [1.29, 1.82) is 0 Å². The lowest BCUT2D eigenvalue weighted by Crippen LogP contribution is -2.44. The Hall–Kier alpha value is -0.980. The normalized spacial score (nSPS) is 20.8. The van der Waals surface area contributed by atoms with Crippen molar-refractivity contribution in [3.8, 4) is 0 Å². The molecule has 6 heteroatoms. The number of aryl methyl sites for hydroxylation is 1. The summed E-state index contributed by atoms with van der Waals surface area (Å²) in [6, 6.07) is 1.84. The van der Waals surface area contributed by atoms with Gasteiger partial charge in [-0.2, -0.15) is 0 Å². The Kier molecular flexibility index (Phi) is 4.31. The van der Waals surface area contributed by atoms with Crippen molar-refractivity contribution in [1.82, 2.24) is 15.0 Å². The van der Waals surface area contributed by atoms with Crippen LogP contribution in [0.25, 0.3) is 0 Å². The van der Waals surface area contributed by atoms with Gasteiger partial charge in [0.05, 0.1) is 5.25 Å². The minimum absolute atomic E-state index is 0.312. The lowest BCUT2D eigenvalue weighted by molar-refractivity contribution is 0.490. The van der Waals surface area contributed by atoms with Crippen molar-refractivity contribution in [2.75, 3.05) is 13.1 Å². The number of hydrogen-bond acceptors (Lipinski definition) is 4. The Balaban J connectivity index is 1.98. The number of aromatic nitrogens is 1. The summed E-state index contributed by atoms with van der Waals surface area (Å²) in [5, 5.41) is 2.81. The lowest BCUT2D eigenvalue weighted by Gasteiger charge is -2.23. The minimum atomic E-state index is -3.23. The van der Waals surface area contributed by atoms with E-state index in [0.717, 1.165) is 30.5 Å². The number of pyridine rings is 1. The average molecular weight is 269 g/mol. The summed E-state index contributed by atoms with van der Waals surface area (Å²) in [6.45, 7) is 3.73. The summed E-state index contributed by atoms with van der Waals surface area (Å²) in [6.07, 6.45) is 5.07. The molecule has 0 aromatic carbocycles. The van der Waals surface area contributed by atoms with Gasteiger partial charge in [-0.1, -0.05) is 0 Å². The molecule has 1 atom stereocenters. The molecular weight excluding hydrogens is 250 g/mol. The van der Waals surface area contributed by atoms with E-state index in [1.807, 2.05) is 13.0 Å². The van der Waals surface area contributed by atoms with Crippen molar-refractivity contribution < 1.29 is 8.42 Å². The number of sulfonamides is 1. The van der Waals surface area contributed by atoms with Crippen LogP contribution in [0.5, 0.6) is 0 Å². The molecule has 1 unspecified atom stereocenters. The molecule has 0 amide bonds. The van der Waals surface area contributed by atoms with Crippen molar-refractivity contribution in [3.05, 3.63) is 29.6 Å². The number of nitrogens with zero attached hydrogens (tertiary/aromatic N) is 1. The standard InChI is InChI=1S/C12H19N3O2S/c1-10-7-14-6-4-11(10)8-15-18(16,17)12-3-2-5-13-9-12/h4,6-7,12-13,15H,2-3,5,8-9H2,1H3. The largest absolute Gasteiger partial charge is 0.315 e. The van der Waals surface area contributed by atoms with E-state index in [1.54, 1.807) is 12.4 Å². The monoisotopic (exact) mass is 269 g/mol. The molecule has 0 aliphatic carbocycles. The van der Waals surface area contributed by atoms with Crippen molar-refractivity contribution in [2.24, 2.45) is 0 Å². The Morgan fingerprint density at radius 3 is 3.06 bits per heavy atom. The maximum absolute atomic E-state index is 12.1. The predicted octanol–water partition coefficient (Wildman–Crippen LogP) is 0.561. The quantitative estimate of drug-likeness (QED) is 0.838. The summed E-state index contributed by atoms with van der Waals surface area (Å²) in [4.78, 5) is 3.99. The van der Waals surface area contributed by atoms with E-state index < -0.39 is 10.0 Å². The van der Waals surface area contributed by atoms with Gasteiger partial charge in [-0.25, -0.2) is 13.1 Å². The SMILES string of the molecule is Cc1cnccc1CNS(=O)(=O)C1CCCNC1. The Labute approximate surface area is 108 Å². The van der Waals surface area contributed by atoms with E-state index in [-0.39, 0.29) is 5.25 Å². The van der Waals surface area contributed by atoms with Crippen molar-refractivity contribution in [2.45, 2.75) is 31.6 Å². The van der Waals surface area contributed by atoms with E-state index >= 15 is 0 Å². The van der Waals surface area contributed by atoms with E-state index in [9.17, 15) is 8.42 Å². The first-order valence-corrected chi connectivity index (χ1v) is 7.73. The fraction of sp³-hybridized carbons (Fsp3) is 0.583. The Morgan fingerprint density at radius 2 is 2.39 bits per heavy atom. The summed E-state index contributed by atoms with van der Waals surface area (Å²) >= 11 is 0. The molecule has 1 aromatic rings. The van der Waals surface area contributed by atoms with Crippen LogP contribution in [0.2, 0.25) is 0 Å². The summed E-state index contributed by atoms with van der Waals surface area (Å²) in [5.74, 6) is 0. The van der Waals surface area contributed by atoms with Crippen LogP contribution in [0, 0.1) is 6.92 Å². The van der Waals surface area contributed by atoms with Crippen LogP contribution in [-0.4, -0.2) is 31.7 Å². The first-order valence-electron chi connectivity index (χ1n) is 6.18. The third-order valence-electron chi connectivity index (χ3n) is 3.29. The molecule has 5 nitrogen and oxygen atoms in total. The Bertz CT molecular complexity index is 496. The van der Waals surface area contributed by atoms with Crippen LogP contribution in [-0.2, 0) is 16.6 Å². The maximum Gasteiger partial charge on any atom is 0.216 e. The first-order chi connectivity index (χ1) is 8.59. The summed E-state index contributed by atoms with van der Waals surface area (Å²) in [7, 11) is -3.23. The zero-order chi connectivity index (χ0) is 13.0. The number of piperidine rings is 1. The number of rotatable bonds is 4. The molecule has 0 saturated carbocycles. The van der Waals surface area contributed by atoms with Gasteiger partial charge in [0.1, 0.15) is 0 Å². The third kappa shape index (κ3) is 3.28. The van der Waals surface area contributed by atoms with Gasteiger partial charge in [-0.05, 0) is 43.5 Å². The molecule has 100 valence electrons. The number of hydrogen-bond donors (Lipinski definition) is 2. The van der Waals surface area contributed by atoms with E-state index in [1.165, 1.54) is 0 Å². The maximum atomic E-state index is 12.1. The molecule has 1 saturated heterocycles. The van der Waals surface area contributed by atoms with Crippen LogP contribution >= 0.6 is 0 Å². The minimum Gasteiger partial charge on any atom is -0.315 e. The van der Waals surface area contributed by atoms with Crippen LogP contribution in [0.1, 0.15) is 24.0 Å². The van der Waals surface area contributed by atoms with Gasteiger partial charge < -0.3 is 5.32 Å². The van der Waals surface area contributed by atoms with E-state index in [0.29, 0.717) is 13.1 Å². The van der Waals surface area contributed by atoms with Gasteiger partial charge in [0.25, 0.3) is 0 Å². The first kappa shape index (κ1) is 13.5. The second-order valence-corrected chi connectivity index (χ2v) is 6.68. The second-order valence-electron chi connectivity index (χ2n) is 4.64. The van der Waals surface area contributed by atoms with Gasteiger partial charge in [0.15, 0.2) is 0 Å². The highest BCUT2D eigenvalue weighted by Crippen LogP contribution is 2.12. The summed E-state index contributed by atoms with van der Waals surface area (Å²) < 4.78 is 26.9. The molecule has 2 heterocycles. The zero-order valence-electron chi connectivity index (χ0n) is 10.5. The molecule has 2 N–H and O–H groups in total.